The molecule has 0 aliphatic carbocycles. The van der Waals surface area contributed by atoms with Gasteiger partial charge in [0.25, 0.3) is 0 Å². The van der Waals surface area contributed by atoms with Crippen LogP contribution in [-0.4, -0.2) is 16.2 Å². The van der Waals surface area contributed by atoms with Crippen LogP contribution in [0.4, 0.5) is 0 Å². The highest BCUT2D eigenvalue weighted by Gasteiger charge is 2.25. The lowest BCUT2D eigenvalue weighted by Gasteiger charge is -2.23. The maximum absolute atomic E-state index is 11.7. The van der Waals surface area contributed by atoms with Gasteiger partial charge in [0.2, 0.25) is 0 Å². The van der Waals surface area contributed by atoms with Gasteiger partial charge in [0, 0.05) is 12.1 Å². The molecule has 3 N–H and O–H groups in total. The number of aliphatic carboxylic acids is 1. The van der Waals surface area contributed by atoms with Crippen LogP contribution < -0.4 is 5.32 Å². The molecule has 0 fully saturated rings. The van der Waals surface area contributed by atoms with Crippen molar-refractivity contribution in [2.24, 2.45) is 0 Å². The van der Waals surface area contributed by atoms with Gasteiger partial charge < -0.3 is 10.2 Å². The van der Waals surface area contributed by atoms with Crippen molar-refractivity contribution in [3.05, 3.63) is 65.2 Å². The van der Waals surface area contributed by atoms with E-state index in [1.54, 1.807) is 12.1 Å². The van der Waals surface area contributed by atoms with Crippen LogP contribution in [0.2, 0.25) is 0 Å². The SMILES string of the molecule is CC(C)(C)c1ccc(O)c(C(NCc2ccccc2)C(=O)O)c1. The molecular formula is C19H23NO3. The first-order valence-electron chi connectivity index (χ1n) is 7.62. The Morgan fingerprint density at radius 3 is 2.35 bits per heavy atom. The first kappa shape index (κ1) is 17.0. The van der Waals surface area contributed by atoms with E-state index in [4.69, 9.17) is 0 Å². The standard InChI is InChI=1S/C19H23NO3/c1-19(2,3)14-9-10-16(21)15(11-14)17(18(22)23)20-12-13-7-5-4-6-8-13/h4-11,17,20-21H,12H2,1-3H3,(H,22,23). The number of carboxylic acid groups (broad SMARTS) is 1. The molecule has 4 nitrogen and oxygen atoms in total. The number of aromatic hydroxyl groups is 1. The lowest BCUT2D eigenvalue weighted by Crippen LogP contribution is -2.28. The molecular weight excluding hydrogens is 290 g/mol. The summed E-state index contributed by atoms with van der Waals surface area (Å²) < 4.78 is 0. The molecule has 2 rings (SSSR count). The Kier molecular flexibility index (Phi) is 5.06. The lowest BCUT2D eigenvalue weighted by molar-refractivity contribution is -0.139. The number of phenols is 1. The number of nitrogens with one attached hydrogen (secondary N) is 1. The Balaban J connectivity index is 2.29. The molecule has 0 aliphatic heterocycles. The van der Waals surface area contributed by atoms with E-state index in [0.29, 0.717) is 12.1 Å². The number of hydrogen-bond donors (Lipinski definition) is 3. The molecule has 1 unspecified atom stereocenters. The van der Waals surface area contributed by atoms with E-state index in [1.165, 1.54) is 0 Å². The molecule has 122 valence electrons. The minimum Gasteiger partial charge on any atom is -0.508 e. The highest BCUT2D eigenvalue weighted by atomic mass is 16.4. The van der Waals surface area contributed by atoms with E-state index in [2.05, 4.69) is 26.1 Å². The van der Waals surface area contributed by atoms with Crippen molar-refractivity contribution < 1.29 is 15.0 Å². The number of carbonyl (C=O) groups is 1. The Morgan fingerprint density at radius 2 is 1.78 bits per heavy atom. The second-order valence-corrected chi connectivity index (χ2v) is 6.66. The highest BCUT2D eigenvalue weighted by molar-refractivity contribution is 5.76. The van der Waals surface area contributed by atoms with Crippen molar-refractivity contribution in [2.75, 3.05) is 0 Å². The second kappa shape index (κ2) is 6.84. The number of benzene rings is 2. The van der Waals surface area contributed by atoms with E-state index < -0.39 is 12.0 Å². The average Bonchev–Trinajstić information content (AvgIpc) is 2.48. The molecule has 23 heavy (non-hydrogen) atoms. The van der Waals surface area contributed by atoms with Crippen LogP contribution in [-0.2, 0) is 16.8 Å². The largest absolute Gasteiger partial charge is 0.508 e. The molecule has 0 heterocycles. The topological polar surface area (TPSA) is 69.6 Å². The Labute approximate surface area is 136 Å². The van der Waals surface area contributed by atoms with Gasteiger partial charge in [0.15, 0.2) is 0 Å². The summed E-state index contributed by atoms with van der Waals surface area (Å²) in [6.07, 6.45) is 0. The fourth-order valence-corrected chi connectivity index (χ4v) is 2.40. The van der Waals surface area contributed by atoms with Crippen LogP contribution in [0.5, 0.6) is 5.75 Å². The van der Waals surface area contributed by atoms with E-state index in [9.17, 15) is 15.0 Å². The van der Waals surface area contributed by atoms with E-state index in [-0.39, 0.29) is 11.2 Å². The summed E-state index contributed by atoms with van der Waals surface area (Å²) in [4.78, 5) is 11.7. The van der Waals surface area contributed by atoms with Crippen molar-refractivity contribution in [3.63, 3.8) is 0 Å². The minimum atomic E-state index is -1.01. The van der Waals surface area contributed by atoms with Crippen molar-refractivity contribution in [1.29, 1.82) is 0 Å². The van der Waals surface area contributed by atoms with Gasteiger partial charge in [0.1, 0.15) is 11.8 Å². The molecule has 2 aromatic rings. The van der Waals surface area contributed by atoms with Crippen LogP contribution in [0.3, 0.4) is 0 Å². The van der Waals surface area contributed by atoms with Crippen molar-refractivity contribution in [3.8, 4) is 5.75 Å². The number of hydrogen-bond acceptors (Lipinski definition) is 3. The third kappa shape index (κ3) is 4.33. The predicted molar refractivity (Wildman–Crippen MR) is 90.5 cm³/mol. The van der Waals surface area contributed by atoms with Crippen LogP contribution in [0.25, 0.3) is 0 Å². The second-order valence-electron chi connectivity index (χ2n) is 6.66. The normalized spacial score (nSPS) is 12.8. The summed E-state index contributed by atoms with van der Waals surface area (Å²) in [5.74, 6) is -1.02. The molecule has 0 saturated carbocycles. The third-order valence-electron chi connectivity index (χ3n) is 3.80. The van der Waals surface area contributed by atoms with E-state index >= 15 is 0 Å². The zero-order valence-corrected chi connectivity index (χ0v) is 13.7. The Morgan fingerprint density at radius 1 is 1.13 bits per heavy atom. The van der Waals surface area contributed by atoms with Gasteiger partial charge in [-0.25, -0.2) is 0 Å². The Hall–Kier alpha value is -2.33. The van der Waals surface area contributed by atoms with E-state index in [1.807, 2.05) is 36.4 Å². The number of carboxylic acids is 1. The number of rotatable bonds is 5. The van der Waals surface area contributed by atoms with Gasteiger partial charge in [-0.2, -0.15) is 0 Å². The Bertz CT molecular complexity index is 675. The molecule has 0 amide bonds. The fourth-order valence-electron chi connectivity index (χ4n) is 2.40. The van der Waals surface area contributed by atoms with Gasteiger partial charge in [-0.15, -0.1) is 0 Å². The summed E-state index contributed by atoms with van der Waals surface area (Å²) in [5, 5.41) is 22.7. The van der Waals surface area contributed by atoms with Gasteiger partial charge in [-0.05, 0) is 28.7 Å². The molecule has 4 heteroatoms. The molecule has 0 spiro atoms. The summed E-state index contributed by atoms with van der Waals surface area (Å²) >= 11 is 0. The molecule has 0 bridgehead atoms. The van der Waals surface area contributed by atoms with Crippen LogP contribution in [0, 0.1) is 0 Å². The van der Waals surface area contributed by atoms with E-state index in [0.717, 1.165) is 11.1 Å². The van der Waals surface area contributed by atoms with Crippen molar-refractivity contribution >= 4 is 5.97 Å². The molecule has 0 saturated heterocycles. The summed E-state index contributed by atoms with van der Waals surface area (Å²) in [5.41, 5.74) is 2.24. The summed E-state index contributed by atoms with van der Waals surface area (Å²) in [7, 11) is 0. The maximum Gasteiger partial charge on any atom is 0.325 e. The first-order valence-corrected chi connectivity index (χ1v) is 7.62. The smallest absolute Gasteiger partial charge is 0.325 e. The summed E-state index contributed by atoms with van der Waals surface area (Å²) in [6.45, 7) is 6.57. The third-order valence-corrected chi connectivity index (χ3v) is 3.80. The van der Waals surface area contributed by atoms with Gasteiger partial charge in [-0.3, -0.25) is 10.1 Å². The minimum absolute atomic E-state index is 0.00837. The zero-order valence-electron chi connectivity index (χ0n) is 13.7. The molecule has 1 atom stereocenters. The van der Waals surface area contributed by atoms with Gasteiger partial charge >= 0.3 is 5.97 Å². The van der Waals surface area contributed by atoms with Crippen LogP contribution in [0.1, 0.15) is 43.5 Å². The lowest BCUT2D eigenvalue weighted by atomic mass is 9.85. The highest BCUT2D eigenvalue weighted by Crippen LogP contribution is 2.31. The number of phenolic OH excluding ortho intramolecular Hbond substituents is 1. The molecule has 0 radical (unpaired) electrons. The van der Waals surface area contributed by atoms with Crippen molar-refractivity contribution in [1.82, 2.24) is 5.32 Å². The molecule has 0 aromatic heterocycles. The quantitative estimate of drug-likeness (QED) is 0.789. The molecule has 0 aliphatic rings. The average molecular weight is 313 g/mol. The van der Waals surface area contributed by atoms with Gasteiger partial charge in [0.05, 0.1) is 0 Å². The predicted octanol–water partition coefficient (Wildman–Crippen LogP) is 3.61. The first-order chi connectivity index (χ1) is 10.8. The molecule has 2 aromatic carbocycles. The fraction of sp³-hybridized carbons (Fsp3) is 0.316. The summed E-state index contributed by atoms with van der Waals surface area (Å²) in [6, 6.07) is 13.8. The maximum atomic E-state index is 11.7. The van der Waals surface area contributed by atoms with Crippen molar-refractivity contribution in [2.45, 2.75) is 38.8 Å². The van der Waals surface area contributed by atoms with Crippen LogP contribution >= 0.6 is 0 Å². The monoisotopic (exact) mass is 313 g/mol. The van der Waals surface area contributed by atoms with Gasteiger partial charge in [-0.1, -0.05) is 57.2 Å². The van der Waals surface area contributed by atoms with Crippen LogP contribution in [0.15, 0.2) is 48.5 Å². The zero-order chi connectivity index (χ0) is 17.0.